The molecule has 0 N–H and O–H groups in total. The lowest BCUT2D eigenvalue weighted by Gasteiger charge is -2.22. The minimum absolute atomic E-state index is 0.0238. The molecule has 16 aromatic rings. The first-order chi connectivity index (χ1) is 45.0. The van der Waals surface area contributed by atoms with Gasteiger partial charge in [0.1, 0.15) is 11.6 Å². The molecule has 6 nitrogen and oxygen atoms in total. The maximum Gasteiger partial charge on any atom is 0.418 e. The summed E-state index contributed by atoms with van der Waals surface area (Å²) in [6.07, 6.45) is 1.92. The van der Waals surface area contributed by atoms with E-state index in [9.17, 15) is 0 Å². The zero-order chi connectivity index (χ0) is 62.0. The Morgan fingerprint density at radius 2 is 0.543 bits per heavy atom. The molecule has 10 aromatic carbocycles. The number of pyridine rings is 4. The van der Waals surface area contributed by atoms with Crippen LogP contribution in [-0.2, 0) is 6.18 Å². The van der Waals surface area contributed by atoms with Gasteiger partial charge in [0, 0.05) is 80.2 Å². The summed E-state index contributed by atoms with van der Waals surface area (Å²) in [6.45, 7) is 0. The van der Waals surface area contributed by atoms with Crippen LogP contribution in [0.2, 0.25) is 0 Å². The molecule has 0 aliphatic carbocycles. The highest BCUT2D eigenvalue weighted by atomic mass is 19.4. The lowest BCUT2D eigenvalue weighted by molar-refractivity contribution is -0.137. The SMILES string of the molecule is Fc1cc(F)cc(-c2cc(-n3c4cc(-c5ccnc(-c6ccccc6)c5)ccc4c4ccc(-c5ccnc(-c6ccccc6)c5)cc43)c(C(F)(F)F)cc2-n2c3cc(-c4ccnc(-c5ccccc5)c4)ccc3c3ccc(-c4ccnc(-c5ccccc5)c4)cc32)c1. The van der Waals surface area contributed by atoms with Crippen molar-refractivity contribution >= 4 is 43.6 Å². The van der Waals surface area contributed by atoms with Crippen molar-refractivity contribution in [3.05, 3.63) is 315 Å². The van der Waals surface area contributed by atoms with Gasteiger partial charge in [0.05, 0.1) is 61.8 Å². The Hall–Kier alpha value is -12.0. The molecule has 0 unspecified atom stereocenters. The van der Waals surface area contributed by atoms with Crippen LogP contribution in [0.1, 0.15) is 5.56 Å². The van der Waals surface area contributed by atoms with Crippen LogP contribution in [0.4, 0.5) is 22.0 Å². The fourth-order valence-corrected chi connectivity index (χ4v) is 12.9. The predicted molar refractivity (Wildman–Crippen MR) is 360 cm³/mol. The maximum absolute atomic E-state index is 17.2. The summed E-state index contributed by atoms with van der Waals surface area (Å²) in [4.78, 5) is 18.8. The number of aromatic nitrogens is 6. The second-order valence-corrected chi connectivity index (χ2v) is 22.8. The van der Waals surface area contributed by atoms with Gasteiger partial charge in [-0.05, 0) is 147 Å². The largest absolute Gasteiger partial charge is 0.418 e. The van der Waals surface area contributed by atoms with Gasteiger partial charge in [-0.15, -0.1) is 0 Å². The Labute approximate surface area is 525 Å². The second-order valence-electron chi connectivity index (χ2n) is 22.8. The van der Waals surface area contributed by atoms with E-state index in [0.717, 1.165) is 112 Å². The Balaban J connectivity index is 0.991. The molecule has 11 heteroatoms. The lowest BCUT2D eigenvalue weighted by atomic mass is 9.97. The quantitative estimate of drug-likeness (QED) is 0.121. The van der Waals surface area contributed by atoms with Gasteiger partial charge >= 0.3 is 6.18 Å². The second kappa shape index (κ2) is 22.6. The topological polar surface area (TPSA) is 61.4 Å². The number of alkyl halides is 3. The van der Waals surface area contributed by atoms with E-state index >= 15 is 22.0 Å². The molecule has 92 heavy (non-hydrogen) atoms. The summed E-state index contributed by atoms with van der Waals surface area (Å²) in [6, 6.07) is 83.9. The summed E-state index contributed by atoms with van der Waals surface area (Å²) in [5, 5.41) is 2.84. The van der Waals surface area contributed by atoms with Gasteiger partial charge < -0.3 is 9.13 Å². The molecule has 0 fully saturated rings. The third kappa shape index (κ3) is 10.1. The van der Waals surface area contributed by atoms with E-state index < -0.39 is 23.4 Å². The monoisotopic (exact) mass is 1200 g/mol. The van der Waals surface area contributed by atoms with Crippen LogP contribution in [0.25, 0.3) is 156 Å². The van der Waals surface area contributed by atoms with Crippen LogP contribution < -0.4 is 0 Å². The summed E-state index contributed by atoms with van der Waals surface area (Å²) in [5.74, 6) is -1.80. The molecule has 0 saturated carbocycles. The summed E-state index contributed by atoms with van der Waals surface area (Å²) in [5.41, 5.74) is 13.8. The van der Waals surface area contributed by atoms with Crippen molar-refractivity contribution in [3.8, 4) is 112 Å². The highest BCUT2D eigenvalue weighted by Crippen LogP contribution is 2.47. The average Bonchev–Trinajstić information content (AvgIpc) is 1.50. The molecule has 0 radical (unpaired) electrons. The highest BCUT2D eigenvalue weighted by molar-refractivity contribution is 6.13. The van der Waals surface area contributed by atoms with Gasteiger partial charge in [0.2, 0.25) is 0 Å². The number of halogens is 5. The van der Waals surface area contributed by atoms with Crippen LogP contribution >= 0.6 is 0 Å². The van der Waals surface area contributed by atoms with Crippen LogP contribution in [-0.4, -0.2) is 29.1 Å². The molecule has 6 heterocycles. The molecule has 0 bridgehead atoms. The van der Waals surface area contributed by atoms with E-state index in [4.69, 9.17) is 19.9 Å². The van der Waals surface area contributed by atoms with E-state index in [-0.39, 0.29) is 22.5 Å². The fraction of sp³-hybridized carbons (Fsp3) is 0.0123. The van der Waals surface area contributed by atoms with E-state index in [2.05, 4.69) is 0 Å². The molecule has 0 spiro atoms. The van der Waals surface area contributed by atoms with Crippen molar-refractivity contribution in [3.63, 3.8) is 0 Å². The molecule has 6 aromatic heterocycles. The molecule has 16 rings (SSSR count). The number of nitrogens with zero attached hydrogens (tertiary/aromatic N) is 6. The van der Waals surface area contributed by atoms with Crippen molar-refractivity contribution in [2.24, 2.45) is 0 Å². The first-order valence-electron chi connectivity index (χ1n) is 30.0. The molecular weight excluding hydrogens is 1150 g/mol. The van der Waals surface area contributed by atoms with Crippen molar-refractivity contribution in [2.75, 3.05) is 0 Å². The van der Waals surface area contributed by atoms with Crippen molar-refractivity contribution in [1.29, 1.82) is 0 Å². The number of hydrogen-bond donors (Lipinski definition) is 0. The van der Waals surface area contributed by atoms with Crippen LogP contribution in [0, 0.1) is 11.6 Å². The van der Waals surface area contributed by atoms with Crippen molar-refractivity contribution in [2.45, 2.75) is 6.18 Å². The van der Waals surface area contributed by atoms with E-state index in [1.54, 1.807) is 29.4 Å². The van der Waals surface area contributed by atoms with E-state index in [1.165, 1.54) is 18.2 Å². The van der Waals surface area contributed by atoms with Gasteiger partial charge in [-0.3, -0.25) is 19.9 Å². The first kappa shape index (κ1) is 55.4. The summed E-state index contributed by atoms with van der Waals surface area (Å²) >= 11 is 0. The molecule has 0 aliphatic rings. The first-order valence-corrected chi connectivity index (χ1v) is 30.0. The van der Waals surface area contributed by atoms with Gasteiger partial charge in [0.25, 0.3) is 0 Å². The molecule has 0 aliphatic heterocycles. The molecule has 0 saturated heterocycles. The molecule has 438 valence electrons. The maximum atomic E-state index is 17.2. The number of benzene rings is 10. The van der Waals surface area contributed by atoms with E-state index in [0.29, 0.717) is 32.8 Å². The van der Waals surface area contributed by atoms with Gasteiger partial charge in [-0.1, -0.05) is 170 Å². The minimum atomic E-state index is -5.02. The molecule has 0 atom stereocenters. The fourth-order valence-electron chi connectivity index (χ4n) is 12.9. The number of fused-ring (bicyclic) bond motifs is 6. The van der Waals surface area contributed by atoms with Crippen molar-refractivity contribution in [1.82, 2.24) is 29.1 Å². The van der Waals surface area contributed by atoms with Gasteiger partial charge in [0.15, 0.2) is 0 Å². The molecular formula is C81H49F5N6. The van der Waals surface area contributed by atoms with Crippen LogP contribution in [0.5, 0.6) is 0 Å². The summed E-state index contributed by atoms with van der Waals surface area (Å²) < 4.78 is 87.5. The zero-order valence-electron chi connectivity index (χ0n) is 48.9. The Morgan fingerprint density at radius 1 is 0.250 bits per heavy atom. The molecule has 0 amide bonds. The van der Waals surface area contributed by atoms with Gasteiger partial charge in [-0.2, -0.15) is 13.2 Å². The van der Waals surface area contributed by atoms with E-state index in [1.807, 2.05) is 247 Å². The Bertz CT molecular complexity index is 5230. The zero-order valence-corrected chi connectivity index (χ0v) is 48.9. The third-order valence-electron chi connectivity index (χ3n) is 17.3. The highest BCUT2D eigenvalue weighted by Gasteiger charge is 2.37. The smallest absolute Gasteiger partial charge is 0.309 e. The Kier molecular flexibility index (Phi) is 13.6. The average molecular weight is 1200 g/mol. The normalized spacial score (nSPS) is 11.8. The summed E-state index contributed by atoms with van der Waals surface area (Å²) in [7, 11) is 0. The van der Waals surface area contributed by atoms with Crippen LogP contribution in [0.15, 0.2) is 298 Å². The number of hydrogen-bond acceptors (Lipinski definition) is 4. The predicted octanol–water partition coefficient (Wildman–Crippen LogP) is 21.8. The van der Waals surface area contributed by atoms with Crippen molar-refractivity contribution < 1.29 is 22.0 Å². The Morgan fingerprint density at radius 3 is 0.848 bits per heavy atom. The minimum Gasteiger partial charge on any atom is -0.309 e. The van der Waals surface area contributed by atoms with Crippen LogP contribution in [0.3, 0.4) is 0 Å². The number of rotatable bonds is 11. The standard InChI is InChI=1S/C81H49F5N6/c82-63-37-62(38-64(83)47-63)69-48-80(92-77-45-56(60-31-35-89-73(41-60)52-17-9-3-10-18-52)23-27-67(77)68-28-24-57(46-78(68)92)61-32-36-90-74(42-61)53-19-11-4-12-20-53)70(81(84,85)86)49-79(69)91-75-43-54(58-29-33-87-71(39-58)50-13-5-1-6-14-50)21-25-65(75)66-26-22-55(44-76(66)91)59-30-34-88-72(40-59)51-15-7-2-8-16-51/h1-49H. The lowest BCUT2D eigenvalue weighted by Crippen LogP contribution is -2.13. The third-order valence-corrected chi connectivity index (χ3v) is 17.3. The van der Waals surface area contributed by atoms with Gasteiger partial charge in [-0.25, -0.2) is 8.78 Å².